The van der Waals surface area contributed by atoms with E-state index in [-0.39, 0.29) is 49.0 Å². The molecule has 0 atom stereocenters. The molecule has 0 amide bonds. The van der Waals surface area contributed by atoms with E-state index in [9.17, 15) is 0 Å². The van der Waals surface area contributed by atoms with Crippen LogP contribution >= 0.6 is 0 Å². The molecule has 15 aromatic rings. The Bertz CT molecular complexity index is 5560. The van der Waals surface area contributed by atoms with E-state index in [4.69, 9.17) is 28.2 Å². The van der Waals surface area contributed by atoms with Gasteiger partial charge in [0.1, 0.15) is 17.3 Å². The molecule has 0 saturated heterocycles. The van der Waals surface area contributed by atoms with Crippen LogP contribution in [0.5, 0.6) is 23.0 Å². The van der Waals surface area contributed by atoms with Crippen molar-refractivity contribution in [1.29, 1.82) is 0 Å². The molecule has 0 bridgehead atoms. The van der Waals surface area contributed by atoms with Crippen molar-refractivity contribution in [3.8, 4) is 79.0 Å². The maximum atomic E-state index is 9.17. The molecule has 12 aromatic carbocycles. The van der Waals surface area contributed by atoms with Crippen LogP contribution in [-0.2, 0) is 21.1 Å². The van der Waals surface area contributed by atoms with Gasteiger partial charge in [0.05, 0.1) is 24.7 Å². The van der Waals surface area contributed by atoms with Gasteiger partial charge in [0.25, 0.3) is 0 Å². The fourth-order valence-electron chi connectivity index (χ4n) is 12.6. The number of benzene rings is 12. The summed E-state index contributed by atoms with van der Waals surface area (Å²) in [6, 6.07) is 71.5. The topological polar surface area (TPSA) is 47.7 Å². The van der Waals surface area contributed by atoms with Gasteiger partial charge >= 0.3 is 0 Å². The fraction of sp³-hybridized carbons (Fsp3) is 0.0370. The zero-order chi connectivity index (χ0) is 67.5. The number of rotatable bonds is 12. The van der Waals surface area contributed by atoms with Crippen molar-refractivity contribution in [3.63, 3.8) is 0 Å². The number of hydrogen-bond donors (Lipinski definition) is 0. The molecule has 0 saturated carbocycles. The zero-order valence-electron chi connectivity index (χ0n) is 58.2. The Hall–Kier alpha value is -10.7. The van der Waals surface area contributed by atoms with Gasteiger partial charge in [-0.3, -0.25) is 0 Å². The van der Waals surface area contributed by atoms with Gasteiger partial charge in [-0.2, -0.15) is 12.1 Å². The molecule has 1 aliphatic rings. The molecule has 1 aliphatic heterocycles. The molecule has 7 nitrogen and oxygen atoms in total. The van der Waals surface area contributed by atoms with Gasteiger partial charge in [0.2, 0.25) is 0 Å². The molecule has 0 radical (unpaired) electrons. The van der Waals surface area contributed by atoms with E-state index in [1.165, 1.54) is 5.56 Å². The molecular weight excluding hydrogens is 1270 g/mol. The van der Waals surface area contributed by atoms with Gasteiger partial charge in [-0.1, -0.05) is 193 Å². The maximum Gasteiger partial charge on any atom is 0.143 e. The van der Waals surface area contributed by atoms with Gasteiger partial charge in [-0.25, -0.2) is 4.98 Å². The molecule has 8 heteroatoms. The molecule has 4 heterocycles. The molecule has 0 fully saturated rings. The predicted molar refractivity (Wildman–Crippen MR) is 361 cm³/mol. The third-order valence-corrected chi connectivity index (χ3v) is 16.8. The Labute approximate surface area is 545 Å². The summed E-state index contributed by atoms with van der Waals surface area (Å²) in [6.45, 7) is 8.23. The molecule has 0 aliphatic carbocycles. The minimum Gasteiger partial charge on any atom is -0.509 e. The summed E-state index contributed by atoms with van der Waals surface area (Å²) < 4.78 is 107. The van der Waals surface area contributed by atoms with Crippen molar-refractivity contribution in [2.24, 2.45) is 0 Å². The van der Waals surface area contributed by atoms with Crippen LogP contribution in [0, 0.1) is 39.6 Å². The molecule has 89 heavy (non-hydrogen) atoms. The summed E-state index contributed by atoms with van der Waals surface area (Å²) >= 11 is 0. The Morgan fingerprint density at radius 1 is 0.438 bits per heavy atom. The van der Waals surface area contributed by atoms with Crippen LogP contribution in [0.25, 0.3) is 99.6 Å². The summed E-state index contributed by atoms with van der Waals surface area (Å²) in [5.41, 5.74) is 14.1. The molecule has 0 spiro atoms. The van der Waals surface area contributed by atoms with Gasteiger partial charge in [-0.15, -0.1) is 48.1 Å². The Morgan fingerprint density at radius 3 is 1.64 bits per heavy atom. The molecule has 3 aromatic heterocycles. The van der Waals surface area contributed by atoms with Crippen LogP contribution in [0.1, 0.15) is 30.4 Å². The number of anilines is 4. The van der Waals surface area contributed by atoms with Crippen LogP contribution in [0.4, 0.5) is 22.7 Å². The van der Waals surface area contributed by atoms with E-state index in [1.807, 2.05) is 102 Å². The first-order chi connectivity index (χ1) is 47.6. The summed E-state index contributed by atoms with van der Waals surface area (Å²) in [6.07, 6.45) is 1.77. The van der Waals surface area contributed by atoms with E-state index in [0.29, 0.717) is 45.6 Å². The summed E-state index contributed by atoms with van der Waals surface area (Å²) in [5, 5.41) is 4.13. The van der Waals surface area contributed by atoms with Crippen molar-refractivity contribution >= 4 is 66.4 Å². The van der Waals surface area contributed by atoms with Gasteiger partial charge < -0.3 is 28.4 Å². The summed E-state index contributed by atoms with van der Waals surface area (Å²) in [4.78, 5) is 8.71. The Kier molecular flexibility index (Phi) is 11.5. The van der Waals surface area contributed by atoms with Crippen molar-refractivity contribution < 1.29 is 44.2 Å². The number of para-hydroxylation sites is 5. The third-order valence-electron chi connectivity index (χ3n) is 16.8. The van der Waals surface area contributed by atoms with Crippen molar-refractivity contribution in [3.05, 3.63) is 314 Å². The minimum absolute atomic E-state index is 0. The largest absolute Gasteiger partial charge is 0.509 e. The standard InChI is InChI=1S/C81H56N5O2.Pt/c1-53-54(2)78(58-28-12-6-13-29-58)81(79(55(53)3)59-30-14-7-15-31-59)88-64-46-47-82-77(51-64)86-73-45-42-61(85-71-38-18-16-34-67(71)68-35-17-19-39-72(68)85)49-70(73)69-44-43-63(50-76(69)86)87-62-33-22-32-60(48-62)83-52-84(75-41-21-20-40-74(75)83)80-65(56-24-8-4-9-25-56)36-23-37-66(80)57-26-10-5-11-27-57;/h4-47,49,51-52H,1-3H3;/q-3;/i4D,5D,8D,9D,10D,11D,24D,25D,26D,27D;. The molecule has 0 N–H and O–H groups in total. The van der Waals surface area contributed by atoms with E-state index < -0.39 is 60.4 Å². The van der Waals surface area contributed by atoms with Crippen LogP contribution < -0.4 is 19.3 Å². The third kappa shape index (κ3) is 9.54. The molecular formula is C81H56N5O2Pt-3. The molecule has 0 unspecified atom stereocenters. The second-order valence-corrected chi connectivity index (χ2v) is 21.7. The van der Waals surface area contributed by atoms with Crippen LogP contribution in [0.15, 0.2) is 279 Å². The Balaban J connectivity index is 0.00000798. The van der Waals surface area contributed by atoms with Gasteiger partial charge in [0, 0.05) is 106 Å². The van der Waals surface area contributed by atoms with E-state index >= 15 is 0 Å². The van der Waals surface area contributed by atoms with Gasteiger partial charge in [0.15, 0.2) is 0 Å². The number of aromatic nitrogens is 3. The number of ether oxygens (including phenoxy) is 2. The quantitative estimate of drug-likeness (QED) is 0.114. The first-order valence-corrected chi connectivity index (χ1v) is 28.9. The number of hydrogen-bond acceptors (Lipinski definition) is 5. The number of fused-ring (bicyclic) bond motifs is 7. The van der Waals surface area contributed by atoms with Crippen LogP contribution in [0.2, 0.25) is 0 Å². The maximum absolute atomic E-state index is 9.17. The fourth-order valence-corrected chi connectivity index (χ4v) is 12.6. The van der Waals surface area contributed by atoms with E-state index in [1.54, 1.807) is 42.0 Å². The average molecular weight is 1340 g/mol. The zero-order valence-corrected chi connectivity index (χ0v) is 50.5. The number of nitrogens with zero attached hydrogens (tertiary/aromatic N) is 5. The van der Waals surface area contributed by atoms with Crippen molar-refractivity contribution in [1.82, 2.24) is 14.1 Å². The smallest absolute Gasteiger partial charge is 0.143 e. The SMILES string of the molecule is [2H]c1c([2H])c([2H])c(-c2cccc(-c3c([2H])c([2H])c([2H])c([2H])c3[2H])c2N2[CH-]N(c3[c-]c(Oc4[c-]c5c(cc4)c4cc(-n6c7ccccc7c7ccccc76)ccc4n5-c4cc(Oc5c(-c6ccccc6)c(C)c(C)c(C)c5-c5ccccc5)ccn4)ccc3)c3ccccc32)c([2H])c1[2H].[Pt]. The van der Waals surface area contributed by atoms with Crippen molar-refractivity contribution in [2.45, 2.75) is 20.8 Å². The number of pyridine rings is 1. The summed E-state index contributed by atoms with van der Waals surface area (Å²) in [7, 11) is 0. The second kappa shape index (κ2) is 22.8. The summed E-state index contributed by atoms with van der Waals surface area (Å²) in [5.74, 6) is 2.59. The van der Waals surface area contributed by atoms with Crippen LogP contribution in [0.3, 0.4) is 0 Å². The second-order valence-electron chi connectivity index (χ2n) is 21.7. The average Bonchev–Trinajstić information content (AvgIpc) is 1.67. The first-order valence-electron chi connectivity index (χ1n) is 33.9. The first kappa shape index (κ1) is 44.7. The van der Waals surface area contributed by atoms with E-state index in [0.717, 1.165) is 82.9 Å². The minimum atomic E-state index is -0.577. The monoisotopic (exact) mass is 1340 g/mol. The molecule has 430 valence electrons. The van der Waals surface area contributed by atoms with E-state index in [2.05, 4.69) is 133 Å². The normalized spacial score (nSPS) is 13.6. The predicted octanol–water partition coefficient (Wildman–Crippen LogP) is 21.5. The van der Waals surface area contributed by atoms with Gasteiger partial charge in [-0.05, 0) is 114 Å². The van der Waals surface area contributed by atoms with Crippen LogP contribution in [-0.4, -0.2) is 14.1 Å². The Morgan fingerprint density at radius 2 is 1.00 bits per heavy atom. The van der Waals surface area contributed by atoms with Crippen molar-refractivity contribution in [2.75, 3.05) is 9.80 Å². The molecule has 16 rings (SSSR count).